The number of hydrazone groups is 1. The summed E-state index contributed by atoms with van der Waals surface area (Å²) in [6, 6.07) is 16.8. The summed E-state index contributed by atoms with van der Waals surface area (Å²) in [5.74, 6) is -0.437. The smallest absolute Gasteiger partial charge is 0.274 e. The molecule has 0 saturated heterocycles. The van der Waals surface area contributed by atoms with Gasteiger partial charge in [-0.15, -0.1) is 6.58 Å². The number of halogens is 2. The highest BCUT2D eigenvalue weighted by atomic mass is 79.9. The van der Waals surface area contributed by atoms with Gasteiger partial charge >= 0.3 is 0 Å². The molecule has 1 N–H and O–H groups in total. The predicted octanol–water partition coefficient (Wildman–Crippen LogP) is 5.54. The second-order valence-corrected chi connectivity index (χ2v) is 8.04. The maximum absolute atomic E-state index is 14.0. The van der Waals surface area contributed by atoms with E-state index in [9.17, 15) is 9.18 Å². The van der Waals surface area contributed by atoms with Gasteiger partial charge in [0, 0.05) is 10.0 Å². The van der Waals surface area contributed by atoms with Crippen molar-refractivity contribution in [1.29, 1.82) is 5.26 Å². The summed E-state index contributed by atoms with van der Waals surface area (Å²) in [6.45, 7) is 4.16. The highest BCUT2D eigenvalue weighted by molar-refractivity contribution is 9.10. The average Bonchev–Trinajstić information content (AvgIpc) is 2.84. The van der Waals surface area contributed by atoms with Gasteiger partial charge < -0.3 is 9.47 Å². The van der Waals surface area contributed by atoms with Gasteiger partial charge in [-0.25, -0.2) is 9.82 Å². The lowest BCUT2D eigenvalue weighted by atomic mass is 10.1. The van der Waals surface area contributed by atoms with Crippen LogP contribution in [0.15, 0.2) is 76.8 Å². The molecule has 0 radical (unpaired) electrons. The number of benzene rings is 3. The number of nitriles is 1. The van der Waals surface area contributed by atoms with E-state index in [2.05, 4.69) is 33.0 Å². The topological polar surface area (TPSA) is 83.7 Å². The van der Waals surface area contributed by atoms with Crippen LogP contribution in [0.5, 0.6) is 11.5 Å². The van der Waals surface area contributed by atoms with Gasteiger partial charge in [-0.3, -0.25) is 4.79 Å². The number of amides is 1. The molecule has 0 aliphatic rings. The van der Waals surface area contributed by atoms with Crippen LogP contribution >= 0.6 is 15.9 Å². The first-order valence-corrected chi connectivity index (χ1v) is 11.0. The molecular formula is C26H21BrFN3O3. The Hall–Kier alpha value is -3.96. The molecule has 6 nitrogen and oxygen atoms in total. The second kappa shape index (κ2) is 11.8. The van der Waals surface area contributed by atoms with Crippen molar-refractivity contribution in [1.82, 2.24) is 5.43 Å². The van der Waals surface area contributed by atoms with Crippen LogP contribution in [0.1, 0.15) is 32.6 Å². The molecule has 172 valence electrons. The summed E-state index contributed by atoms with van der Waals surface area (Å²) in [6.07, 6.45) is 3.70. The fourth-order valence-corrected chi connectivity index (χ4v) is 3.38. The minimum Gasteiger partial charge on any atom is -0.493 e. The number of carbonyl (C=O) groups is 1. The Labute approximate surface area is 205 Å². The molecule has 8 heteroatoms. The number of nitrogens with one attached hydrogen (secondary N) is 1. The van der Waals surface area contributed by atoms with Crippen LogP contribution in [-0.2, 0) is 13.0 Å². The summed E-state index contributed by atoms with van der Waals surface area (Å²) in [5, 5.41) is 12.7. The Morgan fingerprint density at radius 3 is 2.65 bits per heavy atom. The lowest BCUT2D eigenvalue weighted by Crippen LogP contribution is -2.19. The summed E-state index contributed by atoms with van der Waals surface area (Å²) in [4.78, 5) is 12.2. The van der Waals surface area contributed by atoms with Crippen molar-refractivity contribution in [2.24, 2.45) is 5.10 Å². The van der Waals surface area contributed by atoms with Gasteiger partial charge in [0.25, 0.3) is 5.91 Å². The van der Waals surface area contributed by atoms with Crippen molar-refractivity contribution in [3.8, 4) is 17.6 Å². The van der Waals surface area contributed by atoms with Crippen molar-refractivity contribution >= 4 is 28.1 Å². The van der Waals surface area contributed by atoms with Crippen molar-refractivity contribution in [2.45, 2.75) is 13.0 Å². The van der Waals surface area contributed by atoms with Crippen LogP contribution in [-0.4, -0.2) is 19.2 Å². The number of hydrogen-bond donors (Lipinski definition) is 1. The normalized spacial score (nSPS) is 10.5. The standard InChI is InChI=1S/C26H21BrFN3O3/c1-3-4-20-11-19(15-30-31-26(32)22-10-7-18(14-29)12-23(22)28)13-24(33-2)25(20)34-16-17-5-8-21(27)9-6-17/h3,5-13,15H,1,4,16H2,2H3,(H,31,32)/b30-15+. The molecule has 0 fully saturated rings. The number of nitrogens with zero attached hydrogens (tertiary/aromatic N) is 2. The van der Waals surface area contributed by atoms with Crippen LogP contribution in [0.3, 0.4) is 0 Å². The first-order chi connectivity index (χ1) is 16.4. The van der Waals surface area contributed by atoms with Crippen LogP contribution < -0.4 is 14.9 Å². The molecular weight excluding hydrogens is 501 g/mol. The second-order valence-electron chi connectivity index (χ2n) is 7.12. The lowest BCUT2D eigenvalue weighted by Gasteiger charge is -2.16. The first kappa shape index (κ1) is 24.7. The van der Waals surface area contributed by atoms with Crippen molar-refractivity contribution in [2.75, 3.05) is 7.11 Å². The molecule has 0 aliphatic carbocycles. The maximum Gasteiger partial charge on any atom is 0.274 e. The minimum absolute atomic E-state index is 0.127. The fraction of sp³-hybridized carbons (Fsp3) is 0.115. The summed E-state index contributed by atoms with van der Waals surface area (Å²) in [7, 11) is 1.54. The third-order valence-electron chi connectivity index (χ3n) is 4.76. The van der Waals surface area contributed by atoms with Gasteiger partial charge in [0.1, 0.15) is 12.4 Å². The molecule has 3 aromatic rings. The Bertz CT molecular complexity index is 1270. The summed E-state index contributed by atoms with van der Waals surface area (Å²) < 4.78 is 26.6. The fourth-order valence-electron chi connectivity index (χ4n) is 3.11. The molecule has 3 rings (SSSR count). The number of allylic oxidation sites excluding steroid dienone is 1. The van der Waals surface area contributed by atoms with E-state index in [0.29, 0.717) is 30.1 Å². The highest BCUT2D eigenvalue weighted by Crippen LogP contribution is 2.34. The van der Waals surface area contributed by atoms with Gasteiger partial charge in [0.2, 0.25) is 0 Å². The molecule has 1 amide bonds. The van der Waals surface area contributed by atoms with Gasteiger partial charge in [0.05, 0.1) is 30.5 Å². The number of carbonyl (C=O) groups excluding carboxylic acids is 1. The quantitative estimate of drug-likeness (QED) is 0.227. The monoisotopic (exact) mass is 521 g/mol. The van der Waals surface area contributed by atoms with Gasteiger partial charge in [-0.05, 0) is 60.0 Å². The molecule has 0 unspecified atom stereocenters. The highest BCUT2D eigenvalue weighted by Gasteiger charge is 2.14. The molecule has 0 spiro atoms. The molecule has 3 aromatic carbocycles. The minimum atomic E-state index is -0.797. The Balaban J connectivity index is 1.77. The van der Waals surface area contributed by atoms with Crippen molar-refractivity contribution in [3.05, 3.63) is 105 Å². The largest absolute Gasteiger partial charge is 0.493 e. The van der Waals surface area contributed by atoms with Gasteiger partial charge in [-0.2, -0.15) is 10.4 Å². The van der Waals surface area contributed by atoms with Crippen LogP contribution in [0.4, 0.5) is 4.39 Å². The zero-order valence-electron chi connectivity index (χ0n) is 18.3. The number of ether oxygens (including phenoxy) is 2. The average molecular weight is 522 g/mol. The first-order valence-electron chi connectivity index (χ1n) is 10.2. The van der Waals surface area contributed by atoms with Crippen LogP contribution in [0.2, 0.25) is 0 Å². The molecule has 0 aliphatic heterocycles. The molecule has 0 saturated carbocycles. The zero-order chi connectivity index (χ0) is 24.5. The van der Waals surface area contributed by atoms with E-state index >= 15 is 0 Å². The molecule has 34 heavy (non-hydrogen) atoms. The van der Waals surface area contributed by atoms with Crippen molar-refractivity contribution in [3.63, 3.8) is 0 Å². The summed E-state index contributed by atoms with van der Waals surface area (Å²) >= 11 is 3.42. The van der Waals surface area contributed by atoms with E-state index in [1.54, 1.807) is 12.1 Å². The van der Waals surface area contributed by atoms with E-state index in [1.807, 2.05) is 36.4 Å². The molecule has 0 heterocycles. The van der Waals surface area contributed by atoms with Gasteiger partial charge in [-0.1, -0.05) is 34.1 Å². The predicted molar refractivity (Wildman–Crippen MR) is 132 cm³/mol. The Morgan fingerprint density at radius 2 is 2.00 bits per heavy atom. The Kier molecular flexibility index (Phi) is 8.54. The lowest BCUT2D eigenvalue weighted by molar-refractivity contribution is 0.0951. The van der Waals surface area contributed by atoms with E-state index in [-0.39, 0.29) is 11.1 Å². The molecule has 0 bridgehead atoms. The number of rotatable bonds is 9. The molecule has 0 aromatic heterocycles. The maximum atomic E-state index is 14.0. The summed E-state index contributed by atoms with van der Waals surface area (Å²) in [5.41, 5.74) is 4.68. The van der Waals surface area contributed by atoms with Crippen LogP contribution in [0.25, 0.3) is 0 Å². The van der Waals surface area contributed by atoms with E-state index in [1.165, 1.54) is 25.5 Å². The van der Waals surface area contributed by atoms with E-state index in [4.69, 9.17) is 14.7 Å². The SMILES string of the molecule is C=CCc1cc(/C=N/NC(=O)c2ccc(C#N)cc2F)cc(OC)c1OCc1ccc(Br)cc1. The van der Waals surface area contributed by atoms with Crippen LogP contribution in [0, 0.1) is 17.1 Å². The number of methoxy groups -OCH3 is 1. The van der Waals surface area contributed by atoms with Crippen molar-refractivity contribution < 1.29 is 18.7 Å². The third-order valence-corrected chi connectivity index (χ3v) is 5.29. The van der Waals surface area contributed by atoms with Gasteiger partial charge in [0.15, 0.2) is 11.5 Å². The van der Waals surface area contributed by atoms with E-state index < -0.39 is 11.7 Å². The Morgan fingerprint density at radius 1 is 1.24 bits per heavy atom. The third kappa shape index (κ3) is 6.30. The number of hydrogen-bond acceptors (Lipinski definition) is 5. The zero-order valence-corrected chi connectivity index (χ0v) is 19.9. The van der Waals surface area contributed by atoms with E-state index in [0.717, 1.165) is 21.7 Å². The molecule has 0 atom stereocenters.